The molecule has 6 nitrogen and oxygen atoms in total. The van der Waals surface area contributed by atoms with Gasteiger partial charge in [-0.3, -0.25) is 4.90 Å². The van der Waals surface area contributed by atoms with Crippen LogP contribution in [-0.4, -0.2) is 79.6 Å². The molecule has 3 fully saturated rings. The normalized spacial score (nSPS) is 27.1. The van der Waals surface area contributed by atoms with Gasteiger partial charge in [0.25, 0.3) is 0 Å². The number of morpholine rings is 1. The molecule has 1 N–H and O–H groups in total. The van der Waals surface area contributed by atoms with Crippen molar-refractivity contribution in [3.05, 3.63) is 0 Å². The van der Waals surface area contributed by atoms with Crippen LogP contribution in [0.15, 0.2) is 0 Å². The first-order valence-electron chi connectivity index (χ1n) is 7.06. The molecule has 0 atom stereocenters. The van der Waals surface area contributed by atoms with E-state index in [4.69, 9.17) is 14.6 Å². The summed E-state index contributed by atoms with van der Waals surface area (Å²) in [5, 5.41) is 8.82. The zero-order valence-electron chi connectivity index (χ0n) is 11.2. The molecule has 0 radical (unpaired) electrons. The molecular weight excluding hydrogens is 248 g/mol. The first kappa shape index (κ1) is 13.1. The Labute approximate surface area is 113 Å². The molecule has 1 saturated carbocycles. The van der Waals surface area contributed by atoms with Crippen LogP contribution in [0.25, 0.3) is 0 Å². The van der Waals surface area contributed by atoms with Crippen molar-refractivity contribution in [1.29, 1.82) is 0 Å². The Balaban J connectivity index is 1.27. The summed E-state index contributed by atoms with van der Waals surface area (Å²) in [7, 11) is 0. The van der Waals surface area contributed by atoms with Crippen molar-refractivity contribution >= 4 is 6.09 Å². The Hall–Kier alpha value is -0.850. The molecule has 0 aromatic heterocycles. The zero-order chi connectivity index (χ0) is 13.3. The number of carbonyl (C=O) groups is 1. The zero-order valence-corrected chi connectivity index (χ0v) is 11.2. The Bertz CT molecular complexity index is 330. The summed E-state index contributed by atoms with van der Waals surface area (Å²) in [6, 6.07) is 0. The van der Waals surface area contributed by atoms with Gasteiger partial charge < -0.3 is 19.5 Å². The van der Waals surface area contributed by atoms with E-state index in [9.17, 15) is 4.79 Å². The lowest BCUT2D eigenvalue weighted by Crippen LogP contribution is -2.65. The van der Waals surface area contributed by atoms with Gasteiger partial charge in [-0.1, -0.05) is 0 Å². The standard InChI is InChI=1S/C13H22N2O4/c16-12(17)15-9-13(10-15)7-11(8-13)19-6-3-14-1-4-18-5-2-14/h11H,1-10H2,(H,16,17). The quantitative estimate of drug-likeness (QED) is 0.805. The highest BCUT2D eigenvalue weighted by Gasteiger charge is 2.54. The maximum atomic E-state index is 10.7. The van der Waals surface area contributed by atoms with E-state index >= 15 is 0 Å². The highest BCUT2D eigenvalue weighted by molar-refractivity contribution is 5.66. The van der Waals surface area contributed by atoms with Crippen LogP contribution < -0.4 is 0 Å². The van der Waals surface area contributed by atoms with E-state index < -0.39 is 6.09 Å². The molecular formula is C13H22N2O4. The van der Waals surface area contributed by atoms with Gasteiger partial charge in [-0.25, -0.2) is 4.79 Å². The SMILES string of the molecule is O=C(O)N1CC2(CC(OCCN3CCOCC3)C2)C1. The number of likely N-dealkylation sites (tertiary alicyclic amines) is 1. The van der Waals surface area contributed by atoms with Gasteiger partial charge in [0, 0.05) is 38.1 Å². The lowest BCUT2D eigenvalue weighted by molar-refractivity contribution is -0.143. The fraction of sp³-hybridized carbons (Fsp3) is 0.923. The van der Waals surface area contributed by atoms with E-state index in [-0.39, 0.29) is 5.41 Å². The van der Waals surface area contributed by atoms with Crippen LogP contribution in [0.1, 0.15) is 12.8 Å². The van der Waals surface area contributed by atoms with Crippen LogP contribution in [-0.2, 0) is 9.47 Å². The van der Waals surface area contributed by atoms with Crippen molar-refractivity contribution in [3.8, 4) is 0 Å². The van der Waals surface area contributed by atoms with E-state index in [2.05, 4.69) is 4.90 Å². The molecule has 1 aliphatic carbocycles. The summed E-state index contributed by atoms with van der Waals surface area (Å²) in [6.45, 7) is 6.83. The molecule has 6 heteroatoms. The van der Waals surface area contributed by atoms with E-state index in [0.717, 1.165) is 52.3 Å². The summed E-state index contributed by atoms with van der Waals surface area (Å²) >= 11 is 0. The van der Waals surface area contributed by atoms with Crippen molar-refractivity contribution in [1.82, 2.24) is 9.80 Å². The second-order valence-electron chi connectivity index (χ2n) is 5.99. The Morgan fingerprint density at radius 3 is 2.63 bits per heavy atom. The number of amides is 1. The van der Waals surface area contributed by atoms with Gasteiger partial charge in [-0.15, -0.1) is 0 Å². The molecule has 0 aromatic carbocycles. The topological polar surface area (TPSA) is 62.2 Å². The summed E-state index contributed by atoms with van der Waals surface area (Å²) < 4.78 is 11.2. The van der Waals surface area contributed by atoms with E-state index in [1.807, 2.05) is 0 Å². The van der Waals surface area contributed by atoms with E-state index in [0.29, 0.717) is 19.2 Å². The number of rotatable bonds is 4. The van der Waals surface area contributed by atoms with Crippen LogP contribution >= 0.6 is 0 Å². The first-order chi connectivity index (χ1) is 9.17. The molecule has 0 bridgehead atoms. The molecule has 2 heterocycles. The van der Waals surface area contributed by atoms with Crippen molar-refractivity contribution in [2.75, 3.05) is 52.5 Å². The molecule has 1 spiro atoms. The molecule has 0 unspecified atom stereocenters. The number of ether oxygens (including phenoxy) is 2. The smallest absolute Gasteiger partial charge is 0.407 e. The molecule has 3 aliphatic rings. The molecule has 3 rings (SSSR count). The molecule has 1 amide bonds. The third-order valence-electron chi connectivity index (χ3n) is 4.51. The Kier molecular flexibility index (Phi) is 3.64. The third kappa shape index (κ3) is 2.85. The predicted molar refractivity (Wildman–Crippen MR) is 68.3 cm³/mol. The molecule has 19 heavy (non-hydrogen) atoms. The monoisotopic (exact) mass is 270 g/mol. The fourth-order valence-electron chi connectivity index (χ4n) is 3.35. The van der Waals surface area contributed by atoms with Gasteiger partial charge in [0.2, 0.25) is 0 Å². The lowest BCUT2D eigenvalue weighted by Gasteiger charge is -2.57. The van der Waals surface area contributed by atoms with Crippen LogP contribution in [0.4, 0.5) is 4.79 Å². The van der Waals surface area contributed by atoms with Gasteiger partial charge in [-0.05, 0) is 12.8 Å². The molecule has 2 aliphatic heterocycles. The minimum atomic E-state index is -0.790. The number of hydrogen-bond donors (Lipinski definition) is 1. The maximum Gasteiger partial charge on any atom is 0.407 e. The largest absolute Gasteiger partial charge is 0.465 e. The van der Waals surface area contributed by atoms with Gasteiger partial charge in [0.1, 0.15) is 0 Å². The van der Waals surface area contributed by atoms with Crippen LogP contribution in [0.2, 0.25) is 0 Å². The van der Waals surface area contributed by atoms with Crippen molar-refractivity contribution in [2.24, 2.45) is 5.41 Å². The van der Waals surface area contributed by atoms with Gasteiger partial charge in [-0.2, -0.15) is 0 Å². The van der Waals surface area contributed by atoms with Gasteiger partial charge in [0.15, 0.2) is 0 Å². The summed E-state index contributed by atoms with van der Waals surface area (Å²) in [5.74, 6) is 0. The molecule has 0 aromatic rings. The summed E-state index contributed by atoms with van der Waals surface area (Å²) in [5.41, 5.74) is 0.252. The average molecular weight is 270 g/mol. The third-order valence-corrected chi connectivity index (χ3v) is 4.51. The van der Waals surface area contributed by atoms with Crippen LogP contribution in [0.5, 0.6) is 0 Å². The number of nitrogens with zero attached hydrogens (tertiary/aromatic N) is 2. The predicted octanol–water partition coefficient (Wildman–Crippen LogP) is 0.478. The highest BCUT2D eigenvalue weighted by Crippen LogP contribution is 2.49. The lowest BCUT2D eigenvalue weighted by atomic mass is 9.62. The summed E-state index contributed by atoms with van der Waals surface area (Å²) in [6.07, 6.45) is 1.61. The second-order valence-corrected chi connectivity index (χ2v) is 5.99. The Morgan fingerprint density at radius 1 is 1.32 bits per heavy atom. The molecule has 108 valence electrons. The highest BCUT2D eigenvalue weighted by atomic mass is 16.5. The fourth-order valence-corrected chi connectivity index (χ4v) is 3.35. The van der Waals surface area contributed by atoms with E-state index in [1.54, 1.807) is 0 Å². The van der Waals surface area contributed by atoms with Crippen LogP contribution in [0, 0.1) is 5.41 Å². The number of hydrogen-bond acceptors (Lipinski definition) is 4. The Morgan fingerprint density at radius 2 is 2.00 bits per heavy atom. The van der Waals surface area contributed by atoms with Crippen LogP contribution in [0.3, 0.4) is 0 Å². The minimum Gasteiger partial charge on any atom is -0.465 e. The van der Waals surface area contributed by atoms with Crippen molar-refractivity contribution in [3.63, 3.8) is 0 Å². The summed E-state index contributed by atoms with van der Waals surface area (Å²) in [4.78, 5) is 14.6. The first-order valence-corrected chi connectivity index (χ1v) is 7.06. The van der Waals surface area contributed by atoms with Crippen molar-refractivity contribution in [2.45, 2.75) is 18.9 Å². The minimum absolute atomic E-state index is 0.252. The van der Waals surface area contributed by atoms with E-state index in [1.165, 1.54) is 4.90 Å². The number of carboxylic acid groups (broad SMARTS) is 1. The second kappa shape index (κ2) is 5.26. The van der Waals surface area contributed by atoms with Gasteiger partial charge >= 0.3 is 6.09 Å². The van der Waals surface area contributed by atoms with Gasteiger partial charge in [0.05, 0.1) is 25.9 Å². The maximum absolute atomic E-state index is 10.7. The molecule has 2 saturated heterocycles. The van der Waals surface area contributed by atoms with Crippen molar-refractivity contribution < 1.29 is 19.4 Å². The average Bonchev–Trinajstić information content (AvgIpc) is 2.30.